The van der Waals surface area contributed by atoms with Crippen molar-refractivity contribution in [3.8, 4) is 0 Å². The number of amides is 1. The largest absolute Gasteiger partial charge is 0.444 e. The monoisotopic (exact) mass is 398 g/mol. The maximum atomic E-state index is 12.4. The number of ether oxygens (including phenoxy) is 1. The lowest BCUT2D eigenvalue weighted by molar-refractivity contribution is 0.0165. The third-order valence-corrected chi connectivity index (χ3v) is 4.61. The van der Waals surface area contributed by atoms with Gasteiger partial charge in [0.15, 0.2) is 0 Å². The average molecular weight is 399 g/mol. The molecule has 1 aliphatic rings. The van der Waals surface area contributed by atoms with Crippen molar-refractivity contribution < 1.29 is 9.53 Å². The highest BCUT2D eigenvalue weighted by atomic mass is 16.6. The first-order valence-corrected chi connectivity index (χ1v) is 10.1. The number of aromatic nitrogens is 4. The third-order valence-electron chi connectivity index (χ3n) is 4.61. The molecular formula is C21H30N6O2. The molecule has 0 aliphatic carbocycles. The van der Waals surface area contributed by atoms with E-state index in [9.17, 15) is 4.79 Å². The van der Waals surface area contributed by atoms with Crippen molar-refractivity contribution in [1.82, 2.24) is 24.8 Å². The maximum absolute atomic E-state index is 12.4. The topological polar surface area (TPSA) is 93.1 Å². The molecule has 1 fully saturated rings. The molecule has 2 aromatic rings. The molecule has 156 valence electrons. The smallest absolute Gasteiger partial charge is 0.410 e. The molecule has 8 heteroatoms. The Morgan fingerprint density at radius 1 is 1.21 bits per heavy atom. The van der Waals surface area contributed by atoms with Crippen LogP contribution in [0.15, 0.2) is 18.5 Å². The molecule has 1 amide bonds. The highest BCUT2D eigenvalue weighted by Crippen LogP contribution is 2.23. The first-order valence-electron chi connectivity index (χ1n) is 10.1. The van der Waals surface area contributed by atoms with Gasteiger partial charge in [-0.15, -0.1) is 0 Å². The van der Waals surface area contributed by atoms with E-state index in [0.717, 1.165) is 42.9 Å². The molecule has 0 saturated carbocycles. The van der Waals surface area contributed by atoms with Crippen LogP contribution in [-0.2, 0) is 11.2 Å². The van der Waals surface area contributed by atoms with E-state index in [4.69, 9.17) is 4.74 Å². The van der Waals surface area contributed by atoms with E-state index in [1.165, 1.54) is 0 Å². The van der Waals surface area contributed by atoms with Crippen LogP contribution in [0.1, 0.15) is 50.7 Å². The van der Waals surface area contributed by atoms with E-state index in [1.54, 1.807) is 6.33 Å². The minimum absolute atomic E-state index is 0.237. The van der Waals surface area contributed by atoms with Crippen LogP contribution in [0.25, 0.3) is 0 Å². The Bertz CT molecular complexity index is 844. The lowest BCUT2D eigenvalue weighted by atomic mass is 9.93. The van der Waals surface area contributed by atoms with Crippen molar-refractivity contribution in [2.24, 2.45) is 5.92 Å². The van der Waals surface area contributed by atoms with E-state index in [2.05, 4.69) is 25.3 Å². The van der Waals surface area contributed by atoms with Crippen molar-refractivity contribution in [1.29, 1.82) is 0 Å². The highest BCUT2D eigenvalue weighted by molar-refractivity contribution is 5.68. The fraction of sp³-hybridized carbons (Fsp3) is 0.571. The number of anilines is 2. The van der Waals surface area contributed by atoms with Gasteiger partial charge in [0.2, 0.25) is 5.95 Å². The molecular weight excluding hydrogens is 368 g/mol. The van der Waals surface area contributed by atoms with E-state index in [-0.39, 0.29) is 6.09 Å². The second kappa shape index (κ2) is 8.71. The van der Waals surface area contributed by atoms with Crippen LogP contribution in [0.2, 0.25) is 0 Å². The average Bonchev–Trinajstić information content (AvgIpc) is 2.60. The van der Waals surface area contributed by atoms with Crippen molar-refractivity contribution in [2.75, 3.05) is 18.4 Å². The maximum Gasteiger partial charge on any atom is 0.410 e. The number of nitrogens with zero attached hydrogens (tertiary/aromatic N) is 5. The standard InChI is InChI=1S/C21H30N6O2/c1-14-9-15(2)25-19(24-14)26-18-11-17(22-13-23-18)10-16-7-6-8-27(12-16)20(28)29-21(3,4)5/h9,11,13,16H,6-8,10,12H2,1-5H3,(H,22,23,24,25,26). The van der Waals surface area contributed by atoms with Gasteiger partial charge in [0.1, 0.15) is 17.7 Å². The fourth-order valence-electron chi connectivity index (χ4n) is 3.49. The second-order valence-electron chi connectivity index (χ2n) is 8.63. The van der Waals surface area contributed by atoms with Gasteiger partial charge >= 0.3 is 6.09 Å². The fourth-order valence-corrected chi connectivity index (χ4v) is 3.49. The number of hydrogen-bond acceptors (Lipinski definition) is 7. The Labute approximate surface area is 172 Å². The van der Waals surface area contributed by atoms with Crippen LogP contribution < -0.4 is 5.32 Å². The number of hydrogen-bond donors (Lipinski definition) is 1. The van der Waals surface area contributed by atoms with Crippen LogP contribution in [-0.4, -0.2) is 49.6 Å². The quantitative estimate of drug-likeness (QED) is 0.837. The zero-order chi connectivity index (χ0) is 21.0. The van der Waals surface area contributed by atoms with Gasteiger partial charge in [-0.25, -0.2) is 24.7 Å². The lowest BCUT2D eigenvalue weighted by Crippen LogP contribution is -2.43. The molecule has 1 saturated heterocycles. The number of carbonyl (C=O) groups excluding carboxylic acids is 1. The van der Waals surface area contributed by atoms with Crippen LogP contribution >= 0.6 is 0 Å². The van der Waals surface area contributed by atoms with Gasteiger partial charge in [0.25, 0.3) is 0 Å². The van der Waals surface area contributed by atoms with Crippen molar-refractivity contribution in [3.63, 3.8) is 0 Å². The summed E-state index contributed by atoms with van der Waals surface area (Å²) in [5.41, 5.74) is 2.26. The molecule has 0 radical (unpaired) electrons. The summed E-state index contributed by atoms with van der Waals surface area (Å²) in [7, 11) is 0. The summed E-state index contributed by atoms with van der Waals surface area (Å²) in [5.74, 6) is 1.54. The van der Waals surface area contributed by atoms with Crippen LogP contribution in [0.4, 0.5) is 16.6 Å². The van der Waals surface area contributed by atoms with E-state index >= 15 is 0 Å². The van der Waals surface area contributed by atoms with Crippen molar-refractivity contribution in [3.05, 3.63) is 35.5 Å². The Kier molecular flexibility index (Phi) is 6.30. The molecule has 1 atom stereocenters. The predicted molar refractivity (Wildman–Crippen MR) is 111 cm³/mol. The normalized spacial score (nSPS) is 17.1. The number of piperidine rings is 1. The summed E-state index contributed by atoms with van der Waals surface area (Å²) >= 11 is 0. The summed E-state index contributed by atoms with van der Waals surface area (Å²) < 4.78 is 5.52. The molecule has 8 nitrogen and oxygen atoms in total. The number of nitrogens with one attached hydrogen (secondary N) is 1. The summed E-state index contributed by atoms with van der Waals surface area (Å²) in [6, 6.07) is 3.85. The summed E-state index contributed by atoms with van der Waals surface area (Å²) in [4.78, 5) is 31.7. The van der Waals surface area contributed by atoms with Crippen LogP contribution in [0, 0.1) is 19.8 Å². The summed E-state index contributed by atoms with van der Waals surface area (Å²) in [6.45, 7) is 11.0. The molecule has 0 bridgehead atoms. The van der Waals surface area contributed by atoms with Gasteiger partial charge < -0.3 is 15.0 Å². The molecule has 2 aromatic heterocycles. The zero-order valence-corrected chi connectivity index (χ0v) is 17.9. The van der Waals surface area contributed by atoms with Gasteiger partial charge in [-0.05, 0) is 65.9 Å². The summed E-state index contributed by atoms with van der Waals surface area (Å²) in [5, 5.41) is 3.16. The first-order chi connectivity index (χ1) is 13.7. The van der Waals surface area contributed by atoms with Gasteiger partial charge in [0, 0.05) is 36.2 Å². The second-order valence-corrected chi connectivity index (χ2v) is 8.63. The van der Waals surface area contributed by atoms with Gasteiger partial charge in [0.05, 0.1) is 0 Å². The lowest BCUT2D eigenvalue weighted by Gasteiger charge is -2.34. The molecule has 29 heavy (non-hydrogen) atoms. The molecule has 0 aromatic carbocycles. The van der Waals surface area contributed by atoms with Crippen molar-refractivity contribution in [2.45, 2.75) is 59.5 Å². The van der Waals surface area contributed by atoms with E-state index in [1.807, 2.05) is 51.7 Å². The first kappa shape index (κ1) is 21.0. The van der Waals surface area contributed by atoms with Gasteiger partial charge in [-0.1, -0.05) is 0 Å². The molecule has 0 spiro atoms. The molecule has 3 rings (SSSR count). The predicted octanol–water partition coefficient (Wildman–Crippen LogP) is 3.82. The zero-order valence-electron chi connectivity index (χ0n) is 17.9. The van der Waals surface area contributed by atoms with E-state index in [0.29, 0.717) is 24.2 Å². The van der Waals surface area contributed by atoms with Gasteiger partial charge in [-0.3, -0.25) is 0 Å². The number of carbonyl (C=O) groups is 1. The Balaban J connectivity index is 1.63. The third kappa shape index (κ3) is 6.37. The van der Waals surface area contributed by atoms with E-state index < -0.39 is 5.60 Å². The number of likely N-dealkylation sites (tertiary alicyclic amines) is 1. The Morgan fingerprint density at radius 3 is 2.62 bits per heavy atom. The minimum atomic E-state index is -0.479. The van der Waals surface area contributed by atoms with Crippen LogP contribution in [0.3, 0.4) is 0 Å². The number of rotatable bonds is 4. The highest BCUT2D eigenvalue weighted by Gasteiger charge is 2.28. The summed E-state index contributed by atoms with van der Waals surface area (Å²) in [6.07, 6.45) is 4.13. The molecule has 1 aliphatic heterocycles. The van der Waals surface area contributed by atoms with Gasteiger partial charge in [-0.2, -0.15) is 0 Å². The molecule has 3 heterocycles. The molecule has 1 N–H and O–H groups in total. The van der Waals surface area contributed by atoms with Crippen LogP contribution in [0.5, 0.6) is 0 Å². The minimum Gasteiger partial charge on any atom is -0.444 e. The SMILES string of the molecule is Cc1cc(C)nc(Nc2cc(CC3CCCN(C(=O)OC(C)(C)C)C3)ncn2)n1. The van der Waals surface area contributed by atoms with Crippen molar-refractivity contribution >= 4 is 17.9 Å². The Hall–Kier alpha value is -2.77. The molecule has 1 unspecified atom stereocenters. The number of aryl methyl sites for hydroxylation is 2. The Morgan fingerprint density at radius 2 is 1.93 bits per heavy atom.